The summed E-state index contributed by atoms with van der Waals surface area (Å²) in [5.41, 5.74) is 2.68. The molecule has 1 aromatic heterocycles. The highest BCUT2D eigenvalue weighted by Crippen LogP contribution is 2.42. The normalized spacial score (nSPS) is 23.4. The number of ether oxygens (including phenoxy) is 3. The number of aryl methyl sites for hydroxylation is 2. The minimum absolute atomic E-state index is 0.0357. The van der Waals surface area contributed by atoms with E-state index in [1.54, 1.807) is 18.3 Å². The zero-order valence-corrected chi connectivity index (χ0v) is 31.1. The van der Waals surface area contributed by atoms with Gasteiger partial charge in [-0.3, -0.25) is 24.2 Å². The highest BCUT2D eigenvalue weighted by molar-refractivity contribution is 5.94. The molecule has 7 rings (SSSR count). The minimum Gasteiger partial charge on any atom is -0.508 e. The SMILES string of the molecule is CNC[C@@H](C(=O)O)C(=O)OC[C@@H]1O[C@H](Oc2ccc3c(=O)c(-c4ccc(O)cc4)coc3c2)[C@@H](ON2CC3=CC=NC3=C2c2cc(C)cc(C)c2)[C@@](O)(CO)[C@H]1O. The molecule has 0 spiro atoms. The summed E-state index contributed by atoms with van der Waals surface area (Å²) in [5, 5.41) is 58.0. The van der Waals surface area contributed by atoms with Crippen LogP contribution in [0.15, 0.2) is 98.5 Å². The van der Waals surface area contributed by atoms with Crippen molar-refractivity contribution in [2.75, 3.05) is 33.4 Å². The highest BCUT2D eigenvalue weighted by atomic mass is 16.8. The maximum absolute atomic E-state index is 13.5. The third kappa shape index (κ3) is 7.66. The number of allylic oxidation sites excluding steroid dienone is 1. The molecule has 4 aromatic rings. The number of benzene rings is 3. The number of hydroxylamine groups is 2. The number of hydrogen-bond donors (Lipinski definition) is 6. The van der Waals surface area contributed by atoms with E-state index in [1.165, 1.54) is 48.7 Å². The maximum atomic E-state index is 13.5. The molecule has 57 heavy (non-hydrogen) atoms. The van der Waals surface area contributed by atoms with Crippen LogP contribution in [-0.4, -0.2) is 112 Å². The van der Waals surface area contributed by atoms with E-state index >= 15 is 0 Å². The number of carbonyl (C=O) groups is 2. The Bertz CT molecular complexity index is 2330. The minimum atomic E-state index is -2.53. The zero-order valence-electron chi connectivity index (χ0n) is 31.1. The third-order valence-corrected chi connectivity index (χ3v) is 10.0. The van der Waals surface area contributed by atoms with Crippen LogP contribution >= 0.6 is 0 Å². The zero-order chi connectivity index (χ0) is 40.6. The van der Waals surface area contributed by atoms with Crippen LogP contribution in [0.5, 0.6) is 11.5 Å². The van der Waals surface area contributed by atoms with Gasteiger partial charge in [-0.2, -0.15) is 0 Å². The summed E-state index contributed by atoms with van der Waals surface area (Å²) >= 11 is 0. The van der Waals surface area contributed by atoms with Gasteiger partial charge in [0, 0.05) is 30.0 Å². The molecule has 0 saturated carbocycles. The Morgan fingerprint density at radius 2 is 1.81 bits per heavy atom. The molecule has 0 bridgehead atoms. The molecule has 0 aliphatic carbocycles. The van der Waals surface area contributed by atoms with Gasteiger partial charge in [0.1, 0.15) is 42.2 Å². The van der Waals surface area contributed by atoms with Crippen LogP contribution in [0.4, 0.5) is 0 Å². The van der Waals surface area contributed by atoms with Crippen LogP contribution < -0.4 is 15.5 Å². The number of phenolic OH excluding ortho intramolecular Hbond substituents is 1. The highest BCUT2D eigenvalue weighted by Gasteiger charge is 2.59. The van der Waals surface area contributed by atoms with E-state index in [4.69, 9.17) is 23.5 Å². The number of aliphatic carboxylic acids is 1. The number of hydrogen-bond acceptors (Lipinski definition) is 15. The Balaban J connectivity index is 1.24. The van der Waals surface area contributed by atoms with E-state index < -0.39 is 61.3 Å². The van der Waals surface area contributed by atoms with Crippen LogP contribution in [0.25, 0.3) is 27.8 Å². The second kappa shape index (κ2) is 15.9. The Hall–Kier alpha value is -5.88. The third-order valence-electron chi connectivity index (χ3n) is 10.0. The molecule has 1 fully saturated rings. The molecule has 298 valence electrons. The molecule has 3 aliphatic rings. The number of phenols is 1. The number of aliphatic hydroxyl groups is 3. The molecule has 6 N–H and O–H groups in total. The number of carboxylic acid groups (broad SMARTS) is 1. The molecule has 1 saturated heterocycles. The number of nitrogens with one attached hydrogen (secondary N) is 1. The second-order valence-electron chi connectivity index (χ2n) is 14.1. The van der Waals surface area contributed by atoms with E-state index in [0.717, 1.165) is 22.3 Å². The van der Waals surface area contributed by atoms with Crippen molar-refractivity contribution in [2.24, 2.45) is 10.9 Å². The molecule has 0 unspecified atom stereocenters. The molecule has 0 amide bonds. The first kappa shape index (κ1) is 39.4. The van der Waals surface area contributed by atoms with Crippen molar-refractivity contribution in [1.29, 1.82) is 0 Å². The first-order chi connectivity index (χ1) is 27.3. The summed E-state index contributed by atoms with van der Waals surface area (Å²) in [6.07, 6.45) is -2.09. The Morgan fingerprint density at radius 1 is 1.07 bits per heavy atom. The summed E-state index contributed by atoms with van der Waals surface area (Å²) < 4.78 is 23.5. The van der Waals surface area contributed by atoms with Gasteiger partial charge in [-0.25, -0.2) is 5.06 Å². The van der Waals surface area contributed by atoms with Crippen LogP contribution in [0, 0.1) is 19.8 Å². The number of fused-ring (bicyclic) bond motifs is 2. The standard InChI is InChI=1S/C41H41N3O13/c1-21-12-22(2)14-25(13-21)34-33-24(10-11-43-33)17-44(34)57-37-40(56-32(36(48)41(37,52)20-45)19-54-39(51)29(16-42-3)38(49)50)55-27-8-9-28-31(15-27)53-18-30(35(28)47)23-4-6-26(46)7-5-23/h4-15,18,29,32,36-37,40,42,45-46,48,52H,16-17,19-20H2,1-3H3,(H,49,50)/t29-,32-,36-,37+,40-,41+/m0/s1. The Labute approximate surface area is 325 Å². The second-order valence-corrected chi connectivity index (χ2v) is 14.1. The molecule has 3 aromatic carbocycles. The summed E-state index contributed by atoms with van der Waals surface area (Å²) in [6.45, 7) is 1.99. The molecule has 16 heteroatoms. The molecule has 6 atom stereocenters. The Morgan fingerprint density at radius 3 is 2.49 bits per heavy atom. The van der Waals surface area contributed by atoms with E-state index in [-0.39, 0.29) is 46.6 Å². The fourth-order valence-corrected chi connectivity index (χ4v) is 7.16. The quantitative estimate of drug-likeness (QED) is 0.0845. The van der Waals surface area contributed by atoms with Crippen molar-refractivity contribution < 1.29 is 58.6 Å². The van der Waals surface area contributed by atoms with Crippen LogP contribution in [0.3, 0.4) is 0 Å². The van der Waals surface area contributed by atoms with Gasteiger partial charge in [-0.1, -0.05) is 29.3 Å². The summed E-state index contributed by atoms with van der Waals surface area (Å²) in [5.74, 6) is -4.06. The van der Waals surface area contributed by atoms with E-state index in [2.05, 4.69) is 10.3 Å². The maximum Gasteiger partial charge on any atom is 0.321 e. The van der Waals surface area contributed by atoms with Crippen molar-refractivity contribution in [3.8, 4) is 22.6 Å². The molecular weight excluding hydrogens is 742 g/mol. The molecule has 4 heterocycles. The van der Waals surface area contributed by atoms with Crippen LogP contribution in [0.2, 0.25) is 0 Å². The van der Waals surface area contributed by atoms with Gasteiger partial charge < -0.3 is 49.5 Å². The number of carboxylic acids is 1. The smallest absolute Gasteiger partial charge is 0.321 e. The number of nitrogens with zero attached hydrogens (tertiary/aromatic N) is 2. The van der Waals surface area contributed by atoms with Crippen molar-refractivity contribution >= 4 is 34.8 Å². The fraction of sp³-hybridized carbons (Fsp3) is 0.317. The molecule has 0 radical (unpaired) electrons. The van der Waals surface area contributed by atoms with Gasteiger partial charge >= 0.3 is 11.9 Å². The lowest BCUT2D eigenvalue weighted by Gasteiger charge is -2.49. The van der Waals surface area contributed by atoms with E-state index in [1.807, 2.05) is 38.1 Å². The number of carbonyl (C=O) groups excluding carboxylic acids is 1. The first-order valence-electron chi connectivity index (χ1n) is 18.0. The van der Waals surface area contributed by atoms with E-state index in [0.29, 0.717) is 17.0 Å². The number of aliphatic imine (C=N–C) groups is 1. The largest absolute Gasteiger partial charge is 0.508 e. The average Bonchev–Trinajstić information content (AvgIpc) is 3.77. The Kier molecular flexibility index (Phi) is 11.0. The molecular formula is C41H41N3O13. The van der Waals surface area contributed by atoms with E-state index in [9.17, 15) is 39.9 Å². The van der Waals surface area contributed by atoms with Crippen molar-refractivity contribution in [3.63, 3.8) is 0 Å². The van der Waals surface area contributed by atoms with Crippen LogP contribution in [-0.2, 0) is 23.9 Å². The van der Waals surface area contributed by atoms with Gasteiger partial charge in [0.15, 0.2) is 23.1 Å². The number of rotatable bonds is 13. The van der Waals surface area contributed by atoms with Gasteiger partial charge in [0.05, 0.1) is 35.5 Å². The summed E-state index contributed by atoms with van der Waals surface area (Å²) in [6, 6.07) is 16.3. The predicted octanol–water partition coefficient (Wildman–Crippen LogP) is 2.43. The number of aromatic hydroxyl groups is 1. The topological polar surface area (TPSA) is 230 Å². The van der Waals surface area contributed by atoms with Gasteiger partial charge in [-0.15, -0.1) is 0 Å². The predicted molar refractivity (Wildman–Crippen MR) is 204 cm³/mol. The molecule has 3 aliphatic heterocycles. The summed E-state index contributed by atoms with van der Waals surface area (Å²) in [7, 11) is 1.46. The van der Waals surface area contributed by atoms with Gasteiger partial charge in [-0.05, 0) is 68.9 Å². The fourth-order valence-electron chi connectivity index (χ4n) is 7.16. The van der Waals surface area contributed by atoms with Crippen molar-refractivity contribution in [1.82, 2.24) is 10.4 Å². The number of aliphatic hydroxyl groups excluding tert-OH is 2. The van der Waals surface area contributed by atoms with Gasteiger partial charge in [0.25, 0.3) is 0 Å². The number of esters is 1. The lowest BCUT2D eigenvalue weighted by Crippen LogP contribution is -2.71. The van der Waals surface area contributed by atoms with Gasteiger partial charge in [0.2, 0.25) is 6.29 Å². The lowest BCUT2D eigenvalue weighted by molar-refractivity contribution is -0.359. The monoisotopic (exact) mass is 783 g/mol. The summed E-state index contributed by atoms with van der Waals surface area (Å²) in [4.78, 5) is 49.1. The first-order valence-corrected chi connectivity index (χ1v) is 18.0. The van der Waals surface area contributed by atoms with Crippen molar-refractivity contribution in [2.45, 2.75) is 44.1 Å². The average molecular weight is 784 g/mol. The van der Waals surface area contributed by atoms with Crippen molar-refractivity contribution in [3.05, 3.63) is 111 Å². The lowest BCUT2D eigenvalue weighted by atomic mass is 9.84. The molecule has 16 nitrogen and oxygen atoms in total. The van der Waals surface area contributed by atoms with Crippen LogP contribution in [0.1, 0.15) is 16.7 Å².